The maximum atomic E-state index is 11.6. The van der Waals surface area contributed by atoms with Crippen LogP contribution in [0.4, 0.5) is 10.7 Å². The van der Waals surface area contributed by atoms with Gasteiger partial charge in [-0.15, -0.1) is 11.3 Å². The number of carbonyl (C=O) groups is 2. The van der Waals surface area contributed by atoms with Crippen LogP contribution in [0, 0.1) is 0 Å². The van der Waals surface area contributed by atoms with Crippen LogP contribution in [0.1, 0.15) is 33.9 Å². The lowest BCUT2D eigenvalue weighted by molar-refractivity contribution is 0.0529. The highest BCUT2D eigenvalue weighted by Crippen LogP contribution is 2.36. The van der Waals surface area contributed by atoms with Crippen LogP contribution >= 0.6 is 11.3 Å². The Kier molecular flexibility index (Phi) is 3.89. The van der Waals surface area contributed by atoms with E-state index >= 15 is 0 Å². The second kappa shape index (κ2) is 4.98. The van der Waals surface area contributed by atoms with E-state index in [1.165, 1.54) is 6.92 Å². The number of Topliss-reactive ketones (excluding diaryl/α,β-unsaturated/α-hetero) is 1. The average Bonchev–Trinajstić information content (AvgIpc) is 2.55. The average molecular weight is 242 g/mol. The van der Waals surface area contributed by atoms with E-state index in [0.717, 1.165) is 11.3 Å². The van der Waals surface area contributed by atoms with Gasteiger partial charge >= 0.3 is 5.97 Å². The highest BCUT2D eigenvalue weighted by atomic mass is 32.1. The Balaban J connectivity index is 3.25. The van der Waals surface area contributed by atoms with Crippen molar-refractivity contribution in [3.05, 3.63) is 10.4 Å². The van der Waals surface area contributed by atoms with Gasteiger partial charge in [-0.2, -0.15) is 0 Å². The summed E-state index contributed by atoms with van der Waals surface area (Å²) in [5, 5.41) is 3.39. The number of carbonyl (C=O) groups excluding carboxylic acids is 2. The molecule has 1 aromatic heterocycles. The minimum absolute atomic E-state index is 0.158. The van der Waals surface area contributed by atoms with Crippen LogP contribution in [0.3, 0.4) is 0 Å². The van der Waals surface area contributed by atoms with Gasteiger partial charge in [-0.3, -0.25) is 4.79 Å². The van der Waals surface area contributed by atoms with E-state index in [4.69, 9.17) is 10.5 Å². The van der Waals surface area contributed by atoms with Crippen LogP contribution in [0.25, 0.3) is 0 Å². The minimum Gasteiger partial charge on any atom is -0.462 e. The highest BCUT2D eigenvalue weighted by Gasteiger charge is 2.24. The molecule has 0 aromatic carbocycles. The Bertz CT molecular complexity index is 426. The molecule has 0 radical (unpaired) electrons. The zero-order valence-corrected chi connectivity index (χ0v) is 10.2. The molecule has 1 heterocycles. The lowest BCUT2D eigenvalue weighted by atomic mass is 10.2. The van der Waals surface area contributed by atoms with Crippen LogP contribution in [-0.4, -0.2) is 25.4 Å². The quantitative estimate of drug-likeness (QED) is 0.621. The second-order valence-corrected chi connectivity index (χ2v) is 4.10. The number of hydrogen-bond donors (Lipinski definition) is 2. The Morgan fingerprint density at radius 1 is 1.50 bits per heavy atom. The van der Waals surface area contributed by atoms with E-state index in [-0.39, 0.29) is 23.6 Å². The highest BCUT2D eigenvalue weighted by molar-refractivity contribution is 7.19. The van der Waals surface area contributed by atoms with Gasteiger partial charge in [0.1, 0.15) is 10.6 Å². The first-order valence-electron chi connectivity index (χ1n) is 4.81. The monoisotopic (exact) mass is 242 g/mol. The van der Waals surface area contributed by atoms with Gasteiger partial charge in [0.25, 0.3) is 0 Å². The molecule has 6 heteroatoms. The molecule has 5 nitrogen and oxygen atoms in total. The summed E-state index contributed by atoms with van der Waals surface area (Å²) in [6.45, 7) is 3.40. The number of esters is 1. The third-order valence-corrected chi connectivity index (χ3v) is 3.30. The van der Waals surface area contributed by atoms with Gasteiger partial charge in [0.15, 0.2) is 5.78 Å². The Morgan fingerprint density at radius 3 is 2.56 bits per heavy atom. The summed E-state index contributed by atoms with van der Waals surface area (Å²) in [5.74, 6) is -0.664. The van der Waals surface area contributed by atoms with Gasteiger partial charge < -0.3 is 15.8 Å². The van der Waals surface area contributed by atoms with E-state index in [0.29, 0.717) is 9.88 Å². The zero-order chi connectivity index (χ0) is 12.3. The third kappa shape index (κ3) is 2.16. The fraction of sp³-hybridized carbons (Fsp3) is 0.400. The number of ether oxygens (including phenoxy) is 1. The topological polar surface area (TPSA) is 81.4 Å². The van der Waals surface area contributed by atoms with Crippen molar-refractivity contribution in [1.82, 2.24) is 0 Å². The SMILES string of the molecule is CCOC(=O)c1c(NC)sc(C(C)=O)c1N. The lowest BCUT2D eigenvalue weighted by Gasteiger charge is -2.03. The molecule has 0 amide bonds. The molecule has 0 unspecified atom stereocenters. The summed E-state index contributed by atoms with van der Waals surface area (Å²) in [7, 11) is 1.66. The van der Waals surface area contributed by atoms with Gasteiger partial charge in [0, 0.05) is 14.0 Å². The fourth-order valence-corrected chi connectivity index (χ4v) is 2.24. The maximum Gasteiger partial charge on any atom is 0.343 e. The minimum atomic E-state index is -0.506. The molecule has 16 heavy (non-hydrogen) atoms. The van der Waals surface area contributed by atoms with Crippen molar-refractivity contribution in [2.45, 2.75) is 13.8 Å². The second-order valence-electron chi connectivity index (χ2n) is 3.08. The first-order valence-corrected chi connectivity index (χ1v) is 5.62. The molecule has 3 N–H and O–H groups in total. The van der Waals surface area contributed by atoms with E-state index < -0.39 is 5.97 Å². The van der Waals surface area contributed by atoms with Gasteiger partial charge in [-0.1, -0.05) is 0 Å². The Hall–Kier alpha value is -1.56. The smallest absolute Gasteiger partial charge is 0.343 e. The van der Waals surface area contributed by atoms with Crippen molar-refractivity contribution < 1.29 is 14.3 Å². The summed E-state index contributed by atoms with van der Waals surface area (Å²) in [6, 6.07) is 0. The molecule has 0 bridgehead atoms. The van der Waals surface area contributed by atoms with Crippen molar-refractivity contribution in [3.8, 4) is 0 Å². The summed E-state index contributed by atoms with van der Waals surface area (Å²) >= 11 is 1.16. The van der Waals surface area contributed by atoms with Crippen LogP contribution < -0.4 is 11.1 Å². The van der Waals surface area contributed by atoms with Crippen LogP contribution in [0.15, 0.2) is 0 Å². The number of nitrogen functional groups attached to an aromatic ring is 1. The standard InChI is InChI=1S/C10H14N2O3S/c1-4-15-10(14)6-7(11)8(5(2)13)16-9(6)12-3/h12H,4,11H2,1-3H3. The normalized spacial score (nSPS) is 9.94. The number of thiophene rings is 1. The molecule has 0 spiro atoms. The predicted molar refractivity (Wildman–Crippen MR) is 64.2 cm³/mol. The molecule has 1 aromatic rings. The molecule has 0 fully saturated rings. The molecule has 1 rings (SSSR count). The zero-order valence-electron chi connectivity index (χ0n) is 9.42. The van der Waals surface area contributed by atoms with Gasteiger partial charge in [0.05, 0.1) is 17.2 Å². The molecular weight excluding hydrogens is 228 g/mol. The largest absolute Gasteiger partial charge is 0.462 e. The van der Waals surface area contributed by atoms with Crippen molar-refractivity contribution in [2.75, 3.05) is 24.7 Å². The van der Waals surface area contributed by atoms with Gasteiger partial charge in [-0.25, -0.2) is 4.79 Å². The molecule has 0 aliphatic rings. The summed E-state index contributed by atoms with van der Waals surface area (Å²) in [6.07, 6.45) is 0. The first kappa shape index (κ1) is 12.5. The Labute approximate surface area is 97.6 Å². The molecule has 0 aliphatic carbocycles. The molecule has 0 saturated carbocycles. The number of ketones is 1. The van der Waals surface area contributed by atoms with Gasteiger partial charge in [0.2, 0.25) is 0 Å². The van der Waals surface area contributed by atoms with Gasteiger partial charge in [-0.05, 0) is 6.92 Å². The summed E-state index contributed by atoms with van der Waals surface area (Å²) in [5.41, 5.74) is 6.20. The molecule has 0 atom stereocenters. The number of nitrogens with two attached hydrogens (primary N) is 1. The molecule has 88 valence electrons. The fourth-order valence-electron chi connectivity index (χ4n) is 1.29. The van der Waals surface area contributed by atoms with Crippen molar-refractivity contribution in [2.24, 2.45) is 0 Å². The van der Waals surface area contributed by atoms with E-state index in [1.54, 1.807) is 14.0 Å². The number of anilines is 2. The molecule has 0 saturated heterocycles. The van der Waals surface area contributed by atoms with E-state index in [1.807, 2.05) is 0 Å². The first-order chi connectivity index (χ1) is 7.52. The Morgan fingerprint density at radius 2 is 2.12 bits per heavy atom. The number of nitrogens with one attached hydrogen (secondary N) is 1. The van der Waals surface area contributed by atoms with Crippen LogP contribution in [-0.2, 0) is 4.74 Å². The molecular formula is C10H14N2O3S. The van der Waals surface area contributed by atoms with Crippen molar-refractivity contribution >= 4 is 33.8 Å². The van der Waals surface area contributed by atoms with Crippen LogP contribution in [0.2, 0.25) is 0 Å². The summed E-state index contributed by atoms with van der Waals surface area (Å²) in [4.78, 5) is 23.3. The number of hydrogen-bond acceptors (Lipinski definition) is 6. The summed E-state index contributed by atoms with van der Waals surface area (Å²) < 4.78 is 4.88. The number of rotatable bonds is 4. The van der Waals surface area contributed by atoms with E-state index in [9.17, 15) is 9.59 Å². The van der Waals surface area contributed by atoms with E-state index in [2.05, 4.69) is 5.32 Å². The third-order valence-electron chi connectivity index (χ3n) is 1.97. The maximum absolute atomic E-state index is 11.6. The molecule has 0 aliphatic heterocycles. The van der Waals surface area contributed by atoms with Crippen molar-refractivity contribution in [3.63, 3.8) is 0 Å². The van der Waals surface area contributed by atoms with Crippen LogP contribution in [0.5, 0.6) is 0 Å². The lowest BCUT2D eigenvalue weighted by Crippen LogP contribution is -2.09. The predicted octanol–water partition coefficient (Wildman–Crippen LogP) is 1.75. The van der Waals surface area contributed by atoms with Crippen molar-refractivity contribution in [1.29, 1.82) is 0 Å².